The average molecular weight is 182 g/mol. The molecule has 0 heterocycles. The van der Waals surface area contributed by atoms with Gasteiger partial charge in [0.1, 0.15) is 5.78 Å². The van der Waals surface area contributed by atoms with E-state index in [0.717, 1.165) is 31.1 Å². The Morgan fingerprint density at radius 1 is 1.46 bits per heavy atom. The quantitative estimate of drug-likeness (QED) is 0.653. The normalized spacial score (nSPS) is 29.7. The van der Waals surface area contributed by atoms with Gasteiger partial charge < -0.3 is 0 Å². The molecule has 76 valence electrons. The Labute approximate surface area is 81.9 Å². The third kappa shape index (κ3) is 2.82. The second-order valence-corrected chi connectivity index (χ2v) is 4.74. The summed E-state index contributed by atoms with van der Waals surface area (Å²) in [5.74, 6) is 2.74. The fraction of sp³-hybridized carbons (Fsp3) is 0.917. The van der Waals surface area contributed by atoms with Crippen LogP contribution in [0.3, 0.4) is 0 Å². The molecule has 1 fully saturated rings. The maximum absolute atomic E-state index is 11.3. The number of ketones is 1. The molecule has 0 amide bonds. The number of rotatable bonds is 3. The maximum atomic E-state index is 11.3. The molecule has 1 aliphatic rings. The van der Waals surface area contributed by atoms with E-state index in [2.05, 4.69) is 20.8 Å². The van der Waals surface area contributed by atoms with Crippen LogP contribution < -0.4 is 0 Å². The summed E-state index contributed by atoms with van der Waals surface area (Å²) in [6, 6.07) is 0. The van der Waals surface area contributed by atoms with E-state index < -0.39 is 0 Å². The zero-order valence-corrected chi connectivity index (χ0v) is 9.18. The largest absolute Gasteiger partial charge is 0.300 e. The molecule has 0 bridgehead atoms. The Kier molecular flexibility index (Phi) is 3.95. The Hall–Kier alpha value is -0.330. The highest BCUT2D eigenvalue weighted by Gasteiger charge is 2.30. The highest BCUT2D eigenvalue weighted by atomic mass is 16.1. The number of Topliss-reactive ketones (excluding diaryl/α,β-unsaturated/α-hetero) is 1. The molecule has 0 radical (unpaired) electrons. The third-order valence-corrected chi connectivity index (χ3v) is 3.37. The van der Waals surface area contributed by atoms with E-state index in [4.69, 9.17) is 0 Å². The molecule has 2 atom stereocenters. The van der Waals surface area contributed by atoms with Gasteiger partial charge in [0.2, 0.25) is 0 Å². The van der Waals surface area contributed by atoms with Gasteiger partial charge in [0.15, 0.2) is 0 Å². The van der Waals surface area contributed by atoms with Crippen LogP contribution in [0.4, 0.5) is 0 Å². The number of carbonyl (C=O) groups is 1. The van der Waals surface area contributed by atoms with Crippen molar-refractivity contribution in [3.05, 3.63) is 0 Å². The van der Waals surface area contributed by atoms with E-state index in [1.54, 1.807) is 0 Å². The highest BCUT2D eigenvalue weighted by Crippen LogP contribution is 2.36. The van der Waals surface area contributed by atoms with Gasteiger partial charge in [-0.25, -0.2) is 0 Å². The molecule has 0 aromatic rings. The lowest BCUT2D eigenvalue weighted by molar-refractivity contribution is -0.123. The molecule has 1 heteroatoms. The van der Waals surface area contributed by atoms with E-state index in [-0.39, 0.29) is 0 Å². The van der Waals surface area contributed by atoms with E-state index in [1.165, 1.54) is 12.8 Å². The van der Waals surface area contributed by atoms with E-state index in [0.29, 0.717) is 11.7 Å². The van der Waals surface area contributed by atoms with Crippen LogP contribution in [0, 0.1) is 17.8 Å². The SMILES string of the molecule is CCCC1CC(=O)CCC1C(C)C. The first-order chi connectivity index (χ1) is 6.15. The molecule has 1 saturated carbocycles. The van der Waals surface area contributed by atoms with Crippen molar-refractivity contribution < 1.29 is 4.79 Å². The minimum absolute atomic E-state index is 0.496. The molecule has 0 spiro atoms. The molecule has 2 unspecified atom stereocenters. The Balaban J connectivity index is 2.55. The lowest BCUT2D eigenvalue weighted by Crippen LogP contribution is -2.28. The van der Waals surface area contributed by atoms with Crippen molar-refractivity contribution in [2.75, 3.05) is 0 Å². The summed E-state index contributed by atoms with van der Waals surface area (Å²) in [7, 11) is 0. The molecule has 0 aromatic heterocycles. The second kappa shape index (κ2) is 4.78. The van der Waals surface area contributed by atoms with Crippen LogP contribution in [0.15, 0.2) is 0 Å². The molecule has 0 aliphatic heterocycles. The monoisotopic (exact) mass is 182 g/mol. The van der Waals surface area contributed by atoms with E-state index >= 15 is 0 Å². The van der Waals surface area contributed by atoms with E-state index in [9.17, 15) is 4.79 Å². The van der Waals surface area contributed by atoms with Crippen LogP contribution in [-0.2, 0) is 4.79 Å². The summed E-state index contributed by atoms with van der Waals surface area (Å²) in [6.45, 7) is 6.81. The van der Waals surface area contributed by atoms with Gasteiger partial charge in [0.25, 0.3) is 0 Å². The first-order valence-electron chi connectivity index (χ1n) is 5.66. The average Bonchev–Trinajstić information content (AvgIpc) is 2.04. The van der Waals surface area contributed by atoms with Gasteiger partial charge in [-0.2, -0.15) is 0 Å². The first kappa shape index (κ1) is 10.7. The zero-order chi connectivity index (χ0) is 9.84. The smallest absolute Gasteiger partial charge is 0.133 e. The first-order valence-corrected chi connectivity index (χ1v) is 5.66. The predicted octanol–water partition coefficient (Wildman–Crippen LogP) is 3.43. The Bertz CT molecular complexity index is 172. The van der Waals surface area contributed by atoms with Crippen LogP contribution in [0.1, 0.15) is 52.9 Å². The highest BCUT2D eigenvalue weighted by molar-refractivity contribution is 5.79. The van der Waals surface area contributed by atoms with Gasteiger partial charge in [0, 0.05) is 12.8 Å². The van der Waals surface area contributed by atoms with Crippen LogP contribution in [0.5, 0.6) is 0 Å². The van der Waals surface area contributed by atoms with Gasteiger partial charge in [-0.05, 0) is 24.2 Å². The molecular formula is C12H22O. The van der Waals surface area contributed by atoms with Crippen LogP contribution in [-0.4, -0.2) is 5.78 Å². The molecule has 0 saturated heterocycles. The summed E-state index contributed by atoms with van der Waals surface area (Å²) >= 11 is 0. The van der Waals surface area contributed by atoms with Crippen molar-refractivity contribution in [3.8, 4) is 0 Å². The van der Waals surface area contributed by atoms with Gasteiger partial charge in [-0.15, -0.1) is 0 Å². The second-order valence-electron chi connectivity index (χ2n) is 4.74. The number of hydrogen-bond acceptors (Lipinski definition) is 1. The van der Waals surface area contributed by atoms with Crippen LogP contribution >= 0.6 is 0 Å². The molecule has 0 N–H and O–H groups in total. The van der Waals surface area contributed by atoms with Crippen molar-refractivity contribution in [2.45, 2.75) is 52.9 Å². The molecule has 0 aromatic carbocycles. The maximum Gasteiger partial charge on any atom is 0.133 e. The Morgan fingerprint density at radius 2 is 2.15 bits per heavy atom. The van der Waals surface area contributed by atoms with E-state index in [1.807, 2.05) is 0 Å². The molecule has 1 nitrogen and oxygen atoms in total. The van der Waals surface area contributed by atoms with Gasteiger partial charge >= 0.3 is 0 Å². The van der Waals surface area contributed by atoms with Crippen molar-refractivity contribution in [3.63, 3.8) is 0 Å². The predicted molar refractivity (Wildman–Crippen MR) is 55.6 cm³/mol. The van der Waals surface area contributed by atoms with Gasteiger partial charge in [0.05, 0.1) is 0 Å². The standard InChI is InChI=1S/C12H22O/c1-4-5-10-8-11(13)6-7-12(10)9(2)3/h9-10,12H,4-8H2,1-3H3. The number of carbonyl (C=O) groups excluding carboxylic acids is 1. The van der Waals surface area contributed by atoms with Crippen molar-refractivity contribution in [2.24, 2.45) is 17.8 Å². The van der Waals surface area contributed by atoms with Crippen molar-refractivity contribution in [1.29, 1.82) is 0 Å². The molecule has 1 aliphatic carbocycles. The molecule has 1 rings (SSSR count). The van der Waals surface area contributed by atoms with Crippen LogP contribution in [0.25, 0.3) is 0 Å². The van der Waals surface area contributed by atoms with Crippen molar-refractivity contribution >= 4 is 5.78 Å². The lowest BCUT2D eigenvalue weighted by Gasteiger charge is -2.33. The van der Waals surface area contributed by atoms with Crippen LogP contribution in [0.2, 0.25) is 0 Å². The molecule has 13 heavy (non-hydrogen) atoms. The fourth-order valence-corrected chi connectivity index (χ4v) is 2.67. The molecular weight excluding hydrogens is 160 g/mol. The lowest BCUT2D eigenvalue weighted by atomic mass is 9.71. The fourth-order valence-electron chi connectivity index (χ4n) is 2.67. The summed E-state index contributed by atoms with van der Waals surface area (Å²) in [5, 5.41) is 0. The minimum Gasteiger partial charge on any atom is -0.300 e. The number of hydrogen-bond donors (Lipinski definition) is 0. The summed E-state index contributed by atoms with van der Waals surface area (Å²) in [4.78, 5) is 11.3. The van der Waals surface area contributed by atoms with Gasteiger partial charge in [-0.3, -0.25) is 4.79 Å². The summed E-state index contributed by atoms with van der Waals surface area (Å²) < 4.78 is 0. The Morgan fingerprint density at radius 3 is 2.69 bits per heavy atom. The topological polar surface area (TPSA) is 17.1 Å². The van der Waals surface area contributed by atoms with Crippen molar-refractivity contribution in [1.82, 2.24) is 0 Å². The van der Waals surface area contributed by atoms with Gasteiger partial charge in [-0.1, -0.05) is 33.6 Å². The summed E-state index contributed by atoms with van der Waals surface area (Å²) in [5.41, 5.74) is 0. The summed E-state index contributed by atoms with van der Waals surface area (Å²) in [6.07, 6.45) is 5.30. The zero-order valence-electron chi connectivity index (χ0n) is 9.18. The minimum atomic E-state index is 0.496. The third-order valence-electron chi connectivity index (χ3n) is 3.37.